The third-order valence-corrected chi connectivity index (χ3v) is 8.24. The topological polar surface area (TPSA) is 227 Å². The molecule has 6 saturated heterocycles. The van der Waals surface area contributed by atoms with E-state index in [-0.39, 0.29) is 48.5 Å². The summed E-state index contributed by atoms with van der Waals surface area (Å²) in [7, 11) is -8.77. The summed E-state index contributed by atoms with van der Waals surface area (Å²) in [6.45, 7) is 13.2. The number of hydrogen-bond acceptors (Lipinski definition) is 16. The van der Waals surface area contributed by atoms with Gasteiger partial charge in [0.05, 0.1) is 13.2 Å². The van der Waals surface area contributed by atoms with Crippen molar-refractivity contribution in [3.05, 3.63) is 10.3 Å². The van der Waals surface area contributed by atoms with E-state index in [2.05, 4.69) is 8.37 Å². The van der Waals surface area contributed by atoms with Crippen molar-refractivity contribution in [3.63, 3.8) is 0 Å². The van der Waals surface area contributed by atoms with Gasteiger partial charge in [-0.3, -0.25) is 8.37 Å². The van der Waals surface area contributed by atoms with Gasteiger partial charge in [-0.15, -0.1) is 0 Å². The summed E-state index contributed by atoms with van der Waals surface area (Å²) >= 11 is 0. The molecule has 6 fully saturated rings. The molecule has 45 heavy (non-hydrogen) atoms. The number of nitrogens with one attached hydrogen (secondary N) is 2. The van der Waals surface area contributed by atoms with Gasteiger partial charge in [0, 0.05) is 0 Å². The third-order valence-electron chi connectivity index (χ3n) is 7.38. The van der Waals surface area contributed by atoms with Crippen LogP contribution in [0.5, 0.6) is 0 Å². The number of ether oxygens (including phenoxy) is 10. The van der Waals surface area contributed by atoms with E-state index in [0.717, 1.165) is 0 Å². The van der Waals surface area contributed by atoms with Crippen molar-refractivity contribution in [1.29, 1.82) is 0 Å². The molecular formula is C24H40MgN2O16S2. The van der Waals surface area contributed by atoms with E-state index >= 15 is 0 Å². The maximum absolute atomic E-state index is 11.0. The summed E-state index contributed by atoms with van der Waals surface area (Å²) in [4.78, 5) is 0. The molecule has 256 valence electrons. The van der Waals surface area contributed by atoms with Gasteiger partial charge in [-0.05, 0) is 55.4 Å². The number of rotatable bonds is 6. The quantitative estimate of drug-likeness (QED) is 0.352. The SMILES string of the molecule is CC1(C)OC2COC3(COS([NH-])(=O)=O)OC(C)(C)OC3C2O1.CC1(C)OC2COC3(COS([NH-])(=O)=O)OC(C)(C)OC3C2O1.[Mg+2]. The van der Waals surface area contributed by atoms with E-state index in [0.29, 0.717) is 0 Å². The Morgan fingerprint density at radius 2 is 0.911 bits per heavy atom. The van der Waals surface area contributed by atoms with Crippen LogP contribution in [-0.4, -0.2) is 138 Å². The molecule has 0 spiro atoms. The molecule has 2 N–H and O–H groups in total. The first-order chi connectivity index (χ1) is 19.8. The maximum atomic E-state index is 11.0. The van der Waals surface area contributed by atoms with Crippen LogP contribution in [0.1, 0.15) is 55.4 Å². The molecule has 0 aromatic rings. The molecule has 6 aliphatic heterocycles. The normalized spacial score (nSPS) is 41.9. The molecule has 0 aromatic carbocycles. The maximum Gasteiger partial charge on any atom is 2.00 e. The van der Waals surface area contributed by atoms with Gasteiger partial charge in [-0.2, -0.15) is 0 Å². The van der Waals surface area contributed by atoms with Gasteiger partial charge in [-0.25, -0.2) is 16.8 Å². The third kappa shape index (κ3) is 8.47. The number of fused-ring (bicyclic) bond motifs is 6. The summed E-state index contributed by atoms with van der Waals surface area (Å²) < 4.78 is 111. The van der Waals surface area contributed by atoms with E-state index in [1.54, 1.807) is 55.4 Å². The average molecular weight is 701 g/mol. The second-order valence-electron chi connectivity index (χ2n) is 13.0. The molecule has 8 atom stereocenters. The first-order valence-corrected chi connectivity index (χ1v) is 16.7. The minimum Gasteiger partial charge on any atom is -0.540 e. The fraction of sp³-hybridized carbons (Fsp3) is 1.00. The van der Waals surface area contributed by atoms with Crippen molar-refractivity contribution in [2.45, 2.75) is 127 Å². The Kier molecular flexibility index (Phi) is 10.2. The van der Waals surface area contributed by atoms with Gasteiger partial charge in [0.2, 0.25) is 11.6 Å². The summed E-state index contributed by atoms with van der Waals surface area (Å²) in [5, 5.41) is 13.7. The Bertz CT molecular complexity index is 1230. The Hall–Kier alpha value is 0.106. The van der Waals surface area contributed by atoms with Crippen LogP contribution in [0.15, 0.2) is 0 Å². The van der Waals surface area contributed by atoms with Crippen LogP contribution >= 0.6 is 0 Å². The van der Waals surface area contributed by atoms with Crippen LogP contribution in [0.25, 0.3) is 10.3 Å². The molecule has 21 heteroatoms. The van der Waals surface area contributed by atoms with Gasteiger partial charge in [0.25, 0.3) is 0 Å². The summed E-state index contributed by atoms with van der Waals surface area (Å²) in [6, 6.07) is 0. The zero-order valence-corrected chi connectivity index (χ0v) is 29.4. The molecule has 8 unspecified atom stereocenters. The predicted octanol–water partition coefficient (Wildman–Crippen LogP) is 1.02. The molecule has 6 aliphatic rings. The van der Waals surface area contributed by atoms with Crippen molar-refractivity contribution < 1.29 is 72.6 Å². The van der Waals surface area contributed by atoms with Crippen molar-refractivity contribution in [1.82, 2.24) is 0 Å². The van der Waals surface area contributed by atoms with Crippen LogP contribution in [0, 0.1) is 0 Å². The summed E-state index contributed by atoms with van der Waals surface area (Å²) in [6.07, 6.45) is -3.13. The van der Waals surface area contributed by atoms with Gasteiger partial charge in [0.1, 0.15) is 49.8 Å². The van der Waals surface area contributed by atoms with Crippen LogP contribution in [0.3, 0.4) is 0 Å². The monoisotopic (exact) mass is 700 g/mol. The standard InChI is InChI=1S/2C12H20NO8S.Mg/c2*1-10(2)18-7-5-16-12(6-17-22(13,14)15)9(8(7)19-10)20-11(3,4)21-12;/h2*7-9H,5-6H2,1-4H3,(H-,13,14,15);/q2*-1;+2. The molecule has 0 radical (unpaired) electrons. The molecule has 0 amide bonds. The van der Waals surface area contributed by atoms with E-state index in [4.69, 9.17) is 57.6 Å². The Morgan fingerprint density at radius 1 is 0.578 bits per heavy atom. The molecule has 6 rings (SSSR count). The second-order valence-corrected chi connectivity index (χ2v) is 15.3. The van der Waals surface area contributed by atoms with Crippen molar-refractivity contribution in [2.75, 3.05) is 26.4 Å². The van der Waals surface area contributed by atoms with Crippen LogP contribution in [-0.2, 0) is 76.3 Å². The van der Waals surface area contributed by atoms with Crippen LogP contribution < -0.4 is 0 Å². The van der Waals surface area contributed by atoms with Crippen LogP contribution in [0.4, 0.5) is 0 Å². The van der Waals surface area contributed by atoms with Crippen molar-refractivity contribution in [3.8, 4) is 0 Å². The molecule has 18 nitrogen and oxygen atoms in total. The molecule has 0 aliphatic carbocycles. The summed E-state index contributed by atoms with van der Waals surface area (Å²) in [5.41, 5.74) is 0. The fourth-order valence-corrected chi connectivity index (χ4v) is 6.85. The average Bonchev–Trinajstić information content (AvgIpc) is 3.50. The Labute approximate surface area is 278 Å². The van der Waals surface area contributed by atoms with Gasteiger partial charge in [-0.1, -0.05) is 0 Å². The molecule has 0 aromatic heterocycles. The first-order valence-electron chi connectivity index (χ1n) is 13.9. The minimum absolute atomic E-state index is 0. The van der Waals surface area contributed by atoms with E-state index in [1.807, 2.05) is 0 Å². The zero-order valence-electron chi connectivity index (χ0n) is 26.3. The molecular weight excluding hydrogens is 661 g/mol. The molecule has 0 bridgehead atoms. The van der Waals surface area contributed by atoms with E-state index in [9.17, 15) is 16.8 Å². The Balaban J connectivity index is 0.000000200. The van der Waals surface area contributed by atoms with Crippen LogP contribution in [0.2, 0.25) is 0 Å². The second kappa shape index (κ2) is 12.2. The minimum atomic E-state index is -4.39. The van der Waals surface area contributed by atoms with E-state index < -0.39 is 93.0 Å². The fourth-order valence-electron chi connectivity index (χ4n) is 6.21. The smallest absolute Gasteiger partial charge is 0.540 e. The van der Waals surface area contributed by atoms with Crippen molar-refractivity contribution >= 4 is 43.7 Å². The first kappa shape index (κ1) is 37.9. The molecule has 6 heterocycles. The van der Waals surface area contributed by atoms with Gasteiger partial charge in [0.15, 0.2) is 43.8 Å². The molecule has 0 saturated carbocycles. The van der Waals surface area contributed by atoms with Gasteiger partial charge >= 0.3 is 23.1 Å². The Morgan fingerprint density at radius 3 is 1.22 bits per heavy atom. The zero-order chi connectivity index (χ0) is 32.8. The largest absolute Gasteiger partial charge is 2.00 e. The summed E-state index contributed by atoms with van der Waals surface area (Å²) in [5.74, 6) is -6.53. The number of hydrogen-bond donors (Lipinski definition) is 0. The predicted molar refractivity (Wildman–Crippen MR) is 149 cm³/mol. The van der Waals surface area contributed by atoms with Crippen molar-refractivity contribution in [2.24, 2.45) is 0 Å². The van der Waals surface area contributed by atoms with Gasteiger partial charge < -0.3 is 57.6 Å². The van der Waals surface area contributed by atoms with E-state index in [1.165, 1.54) is 0 Å².